The van der Waals surface area contributed by atoms with Gasteiger partial charge in [0.25, 0.3) is 0 Å². The summed E-state index contributed by atoms with van der Waals surface area (Å²) in [7, 11) is 0. The Hall–Kier alpha value is -2.32. The second-order valence-electron chi connectivity index (χ2n) is 8.25. The number of carbonyl (C=O) groups excluding carboxylic acids is 1. The first-order chi connectivity index (χ1) is 12.4. The second kappa shape index (κ2) is 7.74. The minimum Gasteiger partial charge on any atom is -0.331 e. The van der Waals surface area contributed by atoms with Crippen LogP contribution in [0.1, 0.15) is 46.0 Å². The van der Waals surface area contributed by atoms with Gasteiger partial charge in [-0.25, -0.2) is 4.79 Å². The van der Waals surface area contributed by atoms with Crippen LogP contribution in [0, 0.1) is 11.3 Å². The van der Waals surface area contributed by atoms with Crippen molar-refractivity contribution in [2.24, 2.45) is 11.3 Å². The van der Waals surface area contributed by atoms with E-state index in [0.717, 1.165) is 12.3 Å². The summed E-state index contributed by atoms with van der Waals surface area (Å²) in [6.07, 6.45) is -3.52. The van der Waals surface area contributed by atoms with Crippen molar-refractivity contribution in [3.8, 4) is 0 Å². The Morgan fingerprint density at radius 2 is 1.89 bits per heavy atom. The number of urea groups is 1. The maximum atomic E-state index is 12.9. The van der Waals surface area contributed by atoms with E-state index in [1.165, 1.54) is 10.5 Å². The first-order valence-electron chi connectivity index (χ1n) is 8.80. The van der Waals surface area contributed by atoms with E-state index in [4.69, 9.17) is 0 Å². The Morgan fingerprint density at radius 3 is 2.44 bits per heavy atom. The molecule has 0 spiro atoms. The number of hydrogen-bond donors (Lipinski definition) is 1. The van der Waals surface area contributed by atoms with Gasteiger partial charge in [0.15, 0.2) is 11.5 Å². The summed E-state index contributed by atoms with van der Waals surface area (Å²) in [4.78, 5) is 14.3. The fourth-order valence-electron chi connectivity index (χ4n) is 2.73. The molecule has 2 aromatic rings. The van der Waals surface area contributed by atoms with Gasteiger partial charge in [0.2, 0.25) is 0 Å². The predicted octanol–water partition coefficient (Wildman–Crippen LogP) is 3.96. The summed E-state index contributed by atoms with van der Waals surface area (Å²) in [6.45, 7) is 11.3. The molecule has 0 unspecified atom stereocenters. The van der Waals surface area contributed by atoms with Gasteiger partial charge in [-0.15, -0.1) is 10.2 Å². The largest absolute Gasteiger partial charge is 0.417 e. The first-order valence-corrected chi connectivity index (χ1v) is 8.80. The third-order valence-electron chi connectivity index (χ3n) is 3.74. The molecule has 0 saturated carbocycles. The SMILES string of the molecule is CC(C)CN(CC(C)(C)C)C(=O)NCc1nnc2ccc(C(F)(F)F)cn12. The quantitative estimate of drug-likeness (QED) is 0.847. The average Bonchev–Trinajstić information content (AvgIpc) is 2.91. The maximum Gasteiger partial charge on any atom is 0.417 e. The van der Waals surface area contributed by atoms with Crippen LogP contribution in [0.2, 0.25) is 0 Å². The third-order valence-corrected chi connectivity index (χ3v) is 3.74. The fraction of sp³-hybridized carbons (Fsp3) is 0.611. The summed E-state index contributed by atoms with van der Waals surface area (Å²) in [5.74, 6) is 0.533. The van der Waals surface area contributed by atoms with Gasteiger partial charge in [-0.2, -0.15) is 13.2 Å². The number of pyridine rings is 1. The molecule has 27 heavy (non-hydrogen) atoms. The van der Waals surface area contributed by atoms with E-state index in [2.05, 4.69) is 15.5 Å². The number of amides is 2. The van der Waals surface area contributed by atoms with Gasteiger partial charge >= 0.3 is 12.2 Å². The summed E-state index contributed by atoms with van der Waals surface area (Å²) < 4.78 is 40.0. The maximum absolute atomic E-state index is 12.9. The highest BCUT2D eigenvalue weighted by Gasteiger charge is 2.31. The van der Waals surface area contributed by atoms with Crippen molar-refractivity contribution in [1.82, 2.24) is 24.8 Å². The van der Waals surface area contributed by atoms with Crippen molar-refractivity contribution in [1.29, 1.82) is 0 Å². The molecule has 1 N–H and O–H groups in total. The number of alkyl halides is 3. The Kier molecular flexibility index (Phi) is 6.01. The number of nitrogens with zero attached hydrogens (tertiary/aromatic N) is 4. The molecule has 0 saturated heterocycles. The molecular weight excluding hydrogens is 359 g/mol. The molecule has 0 radical (unpaired) electrons. The highest BCUT2D eigenvalue weighted by molar-refractivity contribution is 5.74. The fourth-order valence-corrected chi connectivity index (χ4v) is 2.73. The van der Waals surface area contributed by atoms with Crippen LogP contribution >= 0.6 is 0 Å². The zero-order valence-corrected chi connectivity index (χ0v) is 16.3. The normalized spacial score (nSPS) is 12.6. The minimum atomic E-state index is -4.46. The minimum absolute atomic E-state index is 0.0138. The zero-order chi connectivity index (χ0) is 20.4. The summed E-state index contributed by atoms with van der Waals surface area (Å²) in [5.41, 5.74) is -0.576. The summed E-state index contributed by atoms with van der Waals surface area (Å²) in [5, 5.41) is 10.5. The highest BCUT2D eigenvalue weighted by Crippen LogP contribution is 2.29. The topological polar surface area (TPSA) is 62.5 Å². The van der Waals surface area contributed by atoms with E-state index < -0.39 is 11.7 Å². The molecule has 6 nitrogen and oxygen atoms in total. The Morgan fingerprint density at radius 1 is 1.22 bits per heavy atom. The molecular formula is C18H26F3N5O. The Labute approximate surface area is 156 Å². The standard InChI is InChI=1S/C18H26F3N5O/c1-12(2)9-25(11-17(3,4)5)16(27)22-8-15-24-23-14-7-6-13(10-26(14)15)18(19,20)21/h6-7,10,12H,8-9,11H2,1-5H3,(H,22,27). The van der Waals surface area contributed by atoms with E-state index in [9.17, 15) is 18.0 Å². The van der Waals surface area contributed by atoms with Crippen molar-refractivity contribution >= 4 is 11.7 Å². The molecule has 150 valence electrons. The van der Waals surface area contributed by atoms with Gasteiger partial charge in [0, 0.05) is 19.3 Å². The summed E-state index contributed by atoms with van der Waals surface area (Å²) in [6, 6.07) is 1.94. The van der Waals surface area contributed by atoms with Crippen LogP contribution in [0.15, 0.2) is 18.3 Å². The molecule has 0 aliphatic carbocycles. The summed E-state index contributed by atoms with van der Waals surface area (Å²) >= 11 is 0. The van der Waals surface area contributed by atoms with Crippen molar-refractivity contribution in [3.05, 3.63) is 29.7 Å². The monoisotopic (exact) mass is 385 g/mol. The van der Waals surface area contributed by atoms with Crippen LogP contribution in [-0.4, -0.2) is 38.6 Å². The van der Waals surface area contributed by atoms with E-state index in [-0.39, 0.29) is 23.8 Å². The van der Waals surface area contributed by atoms with Gasteiger partial charge in [0.1, 0.15) is 0 Å². The lowest BCUT2D eigenvalue weighted by atomic mass is 9.96. The van der Waals surface area contributed by atoms with E-state index in [1.807, 2.05) is 34.6 Å². The van der Waals surface area contributed by atoms with Crippen LogP contribution in [0.4, 0.5) is 18.0 Å². The predicted molar refractivity (Wildman–Crippen MR) is 96.1 cm³/mol. The van der Waals surface area contributed by atoms with E-state index in [0.29, 0.717) is 24.7 Å². The number of halogens is 3. The van der Waals surface area contributed by atoms with E-state index >= 15 is 0 Å². The van der Waals surface area contributed by atoms with E-state index in [1.54, 1.807) is 4.90 Å². The van der Waals surface area contributed by atoms with Crippen LogP contribution < -0.4 is 5.32 Å². The lowest BCUT2D eigenvalue weighted by molar-refractivity contribution is -0.137. The third kappa shape index (κ3) is 5.83. The van der Waals surface area contributed by atoms with Gasteiger partial charge in [-0.05, 0) is 23.5 Å². The first kappa shape index (κ1) is 21.0. The molecule has 2 amide bonds. The van der Waals surface area contributed by atoms with Gasteiger partial charge < -0.3 is 10.2 Å². The zero-order valence-electron chi connectivity index (χ0n) is 16.3. The Bertz CT molecular complexity index is 792. The van der Waals surface area contributed by atoms with Crippen LogP contribution in [0.3, 0.4) is 0 Å². The number of fused-ring (bicyclic) bond motifs is 1. The number of aromatic nitrogens is 3. The molecule has 0 atom stereocenters. The molecule has 9 heteroatoms. The van der Waals surface area contributed by atoms with Gasteiger partial charge in [-0.3, -0.25) is 4.40 Å². The highest BCUT2D eigenvalue weighted by atomic mass is 19.4. The van der Waals surface area contributed by atoms with Gasteiger partial charge in [-0.1, -0.05) is 34.6 Å². The smallest absolute Gasteiger partial charge is 0.331 e. The molecule has 0 fully saturated rings. The number of rotatable bonds is 5. The van der Waals surface area contributed by atoms with Crippen molar-refractivity contribution < 1.29 is 18.0 Å². The average molecular weight is 385 g/mol. The number of nitrogens with one attached hydrogen (secondary N) is 1. The lowest BCUT2D eigenvalue weighted by Crippen LogP contribution is -2.45. The molecule has 0 bridgehead atoms. The van der Waals surface area contributed by atoms with Crippen LogP contribution in [0.5, 0.6) is 0 Å². The molecule has 0 aliphatic heterocycles. The van der Waals surface area contributed by atoms with Crippen LogP contribution in [0.25, 0.3) is 5.65 Å². The van der Waals surface area contributed by atoms with Crippen molar-refractivity contribution in [2.75, 3.05) is 13.1 Å². The van der Waals surface area contributed by atoms with Crippen molar-refractivity contribution in [2.45, 2.75) is 47.3 Å². The number of carbonyl (C=O) groups is 1. The molecule has 0 aromatic carbocycles. The van der Waals surface area contributed by atoms with Crippen molar-refractivity contribution in [3.63, 3.8) is 0 Å². The molecule has 2 heterocycles. The van der Waals surface area contributed by atoms with Gasteiger partial charge in [0.05, 0.1) is 12.1 Å². The lowest BCUT2D eigenvalue weighted by Gasteiger charge is -2.31. The number of hydrogen-bond acceptors (Lipinski definition) is 3. The molecule has 2 aromatic heterocycles. The molecule has 0 aliphatic rings. The van der Waals surface area contributed by atoms with Crippen LogP contribution in [-0.2, 0) is 12.7 Å². The molecule has 2 rings (SSSR count). The second-order valence-corrected chi connectivity index (χ2v) is 8.25. The Balaban J connectivity index is 2.15.